The third-order valence-electron chi connectivity index (χ3n) is 3.42. The van der Waals surface area contributed by atoms with Crippen molar-refractivity contribution in [3.8, 4) is 0 Å². The van der Waals surface area contributed by atoms with Crippen molar-refractivity contribution in [2.75, 3.05) is 13.2 Å². The molecule has 0 radical (unpaired) electrons. The van der Waals surface area contributed by atoms with Crippen LogP contribution < -0.4 is 5.32 Å². The van der Waals surface area contributed by atoms with Crippen LogP contribution in [-0.4, -0.2) is 18.8 Å². The number of benzene rings is 1. The van der Waals surface area contributed by atoms with E-state index in [-0.39, 0.29) is 5.54 Å². The van der Waals surface area contributed by atoms with Crippen molar-refractivity contribution in [2.24, 2.45) is 0 Å². The molecule has 1 aromatic rings. The van der Waals surface area contributed by atoms with Crippen molar-refractivity contribution < 1.29 is 4.74 Å². The van der Waals surface area contributed by atoms with E-state index in [1.54, 1.807) is 0 Å². The van der Waals surface area contributed by atoms with Gasteiger partial charge in [-0.25, -0.2) is 0 Å². The van der Waals surface area contributed by atoms with Crippen LogP contribution in [0.1, 0.15) is 31.4 Å². The van der Waals surface area contributed by atoms with Gasteiger partial charge in [0, 0.05) is 18.7 Å². The molecule has 0 aromatic heterocycles. The number of nitrogens with one attached hydrogen (secondary N) is 1. The molecule has 0 bridgehead atoms. The van der Waals surface area contributed by atoms with E-state index in [4.69, 9.17) is 4.74 Å². The third-order valence-corrected chi connectivity index (χ3v) is 3.42. The van der Waals surface area contributed by atoms with E-state index in [1.807, 2.05) is 0 Å². The highest BCUT2D eigenvalue weighted by Gasteiger charge is 2.28. The second-order valence-corrected chi connectivity index (χ2v) is 4.84. The molecule has 2 rings (SSSR count). The van der Waals surface area contributed by atoms with Crippen LogP contribution in [0.15, 0.2) is 24.3 Å². The van der Waals surface area contributed by atoms with E-state index in [9.17, 15) is 0 Å². The lowest BCUT2D eigenvalue weighted by Gasteiger charge is -2.24. The van der Waals surface area contributed by atoms with E-state index >= 15 is 0 Å². The van der Waals surface area contributed by atoms with Gasteiger partial charge in [-0.3, -0.25) is 0 Å². The van der Waals surface area contributed by atoms with Crippen LogP contribution in [0.25, 0.3) is 0 Å². The van der Waals surface area contributed by atoms with E-state index in [0.29, 0.717) is 0 Å². The summed E-state index contributed by atoms with van der Waals surface area (Å²) in [5.41, 5.74) is 3.02. The minimum Gasteiger partial charge on any atom is -0.379 e. The average molecular weight is 219 g/mol. The average Bonchev–Trinajstić information content (AvgIpc) is 2.74. The van der Waals surface area contributed by atoms with Crippen LogP contribution >= 0.6 is 0 Å². The van der Waals surface area contributed by atoms with Crippen LogP contribution in [-0.2, 0) is 17.7 Å². The summed E-state index contributed by atoms with van der Waals surface area (Å²) in [6, 6.07) is 8.65. The maximum atomic E-state index is 5.44. The van der Waals surface area contributed by atoms with Crippen molar-refractivity contribution in [1.82, 2.24) is 5.32 Å². The largest absolute Gasteiger partial charge is 0.379 e. The van der Waals surface area contributed by atoms with E-state index in [0.717, 1.165) is 32.6 Å². The molecule has 0 saturated carbocycles. The lowest BCUT2D eigenvalue weighted by atomic mass is 10.00. The predicted molar refractivity (Wildman–Crippen MR) is 66.5 cm³/mol. The van der Waals surface area contributed by atoms with Gasteiger partial charge in [0.2, 0.25) is 0 Å². The Bertz CT molecular complexity index is 342. The van der Waals surface area contributed by atoms with Gasteiger partial charge < -0.3 is 10.1 Å². The molecule has 1 aliphatic rings. The first-order valence-electron chi connectivity index (χ1n) is 6.13. The molecule has 2 heteroatoms. The van der Waals surface area contributed by atoms with Crippen molar-refractivity contribution in [3.05, 3.63) is 35.4 Å². The van der Waals surface area contributed by atoms with Crippen LogP contribution in [0, 0.1) is 0 Å². The fraction of sp³-hybridized carbons (Fsp3) is 0.571. The monoisotopic (exact) mass is 219 g/mol. The van der Waals surface area contributed by atoms with Gasteiger partial charge in [0.15, 0.2) is 0 Å². The summed E-state index contributed by atoms with van der Waals surface area (Å²) < 4.78 is 5.44. The topological polar surface area (TPSA) is 21.3 Å². The standard InChI is InChI=1S/C14H21NO/c1-3-12-6-4-5-7-13(12)10-15-14(2)8-9-16-11-14/h4-7,15H,3,8-11H2,1-2H3. The number of hydrogen-bond donors (Lipinski definition) is 1. The van der Waals surface area contributed by atoms with Crippen molar-refractivity contribution >= 4 is 0 Å². The molecular formula is C14H21NO. The number of hydrogen-bond acceptors (Lipinski definition) is 2. The molecule has 1 aliphatic heterocycles. The second kappa shape index (κ2) is 4.98. The minimum absolute atomic E-state index is 0.168. The molecule has 1 saturated heterocycles. The molecule has 1 N–H and O–H groups in total. The Kier molecular flexibility index (Phi) is 3.62. The van der Waals surface area contributed by atoms with E-state index < -0.39 is 0 Å². The Morgan fingerprint density at radius 3 is 2.69 bits per heavy atom. The first-order chi connectivity index (χ1) is 7.73. The van der Waals surface area contributed by atoms with Gasteiger partial charge in [-0.1, -0.05) is 31.2 Å². The summed E-state index contributed by atoms with van der Waals surface area (Å²) in [6.07, 6.45) is 2.21. The fourth-order valence-corrected chi connectivity index (χ4v) is 2.19. The molecular weight excluding hydrogens is 198 g/mol. The lowest BCUT2D eigenvalue weighted by molar-refractivity contribution is 0.171. The van der Waals surface area contributed by atoms with Crippen molar-refractivity contribution in [3.63, 3.8) is 0 Å². The lowest BCUT2D eigenvalue weighted by Crippen LogP contribution is -2.42. The predicted octanol–water partition coefficient (Wildman–Crippen LogP) is 2.52. The normalized spacial score (nSPS) is 24.9. The smallest absolute Gasteiger partial charge is 0.0646 e. The summed E-state index contributed by atoms with van der Waals surface area (Å²) in [5, 5.41) is 3.62. The molecule has 1 atom stereocenters. The number of rotatable bonds is 4. The van der Waals surface area contributed by atoms with Gasteiger partial charge in [0.1, 0.15) is 0 Å². The molecule has 1 aromatic carbocycles. The molecule has 2 nitrogen and oxygen atoms in total. The quantitative estimate of drug-likeness (QED) is 0.840. The van der Waals surface area contributed by atoms with Crippen LogP contribution in [0.3, 0.4) is 0 Å². The summed E-state index contributed by atoms with van der Waals surface area (Å²) in [6.45, 7) is 7.12. The Labute approximate surface area is 98.0 Å². The minimum atomic E-state index is 0.168. The first kappa shape index (κ1) is 11.6. The Balaban J connectivity index is 1.98. The highest BCUT2D eigenvalue weighted by Crippen LogP contribution is 2.19. The fourth-order valence-electron chi connectivity index (χ4n) is 2.19. The third kappa shape index (κ3) is 2.63. The molecule has 0 amide bonds. The Morgan fingerprint density at radius 1 is 1.31 bits per heavy atom. The molecule has 0 spiro atoms. The number of ether oxygens (including phenoxy) is 1. The zero-order valence-corrected chi connectivity index (χ0v) is 10.3. The SMILES string of the molecule is CCc1ccccc1CNC1(C)CCOC1. The van der Waals surface area contributed by atoms with Crippen molar-refractivity contribution in [1.29, 1.82) is 0 Å². The van der Waals surface area contributed by atoms with Gasteiger partial charge in [0.25, 0.3) is 0 Å². The van der Waals surface area contributed by atoms with Gasteiger partial charge >= 0.3 is 0 Å². The zero-order valence-electron chi connectivity index (χ0n) is 10.3. The van der Waals surface area contributed by atoms with Crippen molar-refractivity contribution in [2.45, 2.75) is 38.8 Å². The molecule has 16 heavy (non-hydrogen) atoms. The summed E-state index contributed by atoms with van der Waals surface area (Å²) >= 11 is 0. The van der Waals surface area contributed by atoms with Crippen LogP contribution in [0.2, 0.25) is 0 Å². The summed E-state index contributed by atoms with van der Waals surface area (Å²) in [5.74, 6) is 0. The first-order valence-corrected chi connectivity index (χ1v) is 6.13. The summed E-state index contributed by atoms with van der Waals surface area (Å²) in [4.78, 5) is 0. The van der Waals surface area contributed by atoms with Crippen LogP contribution in [0.5, 0.6) is 0 Å². The molecule has 1 unspecified atom stereocenters. The van der Waals surface area contributed by atoms with Crippen LogP contribution in [0.4, 0.5) is 0 Å². The highest BCUT2D eigenvalue weighted by molar-refractivity contribution is 5.27. The maximum absolute atomic E-state index is 5.44. The number of aryl methyl sites for hydroxylation is 1. The second-order valence-electron chi connectivity index (χ2n) is 4.84. The molecule has 88 valence electrons. The van der Waals surface area contributed by atoms with E-state index in [2.05, 4.69) is 43.4 Å². The molecule has 0 aliphatic carbocycles. The van der Waals surface area contributed by atoms with Gasteiger partial charge in [-0.2, -0.15) is 0 Å². The highest BCUT2D eigenvalue weighted by atomic mass is 16.5. The summed E-state index contributed by atoms with van der Waals surface area (Å²) in [7, 11) is 0. The Hall–Kier alpha value is -0.860. The zero-order chi connectivity index (χ0) is 11.4. The molecule has 1 fully saturated rings. The Morgan fingerprint density at radius 2 is 2.06 bits per heavy atom. The van der Waals surface area contributed by atoms with Gasteiger partial charge in [-0.15, -0.1) is 0 Å². The molecule has 1 heterocycles. The van der Waals surface area contributed by atoms with E-state index in [1.165, 1.54) is 11.1 Å². The maximum Gasteiger partial charge on any atom is 0.0646 e. The van der Waals surface area contributed by atoms with Gasteiger partial charge in [0.05, 0.1) is 6.61 Å². The van der Waals surface area contributed by atoms with Gasteiger partial charge in [-0.05, 0) is 30.9 Å².